The maximum atomic E-state index is 11.9. The lowest BCUT2D eigenvalue weighted by molar-refractivity contribution is -0.119. The lowest BCUT2D eigenvalue weighted by Crippen LogP contribution is -2.28. The van der Waals surface area contributed by atoms with Crippen LogP contribution in [0.5, 0.6) is 0 Å². The molecule has 1 aromatic rings. The Balaban J connectivity index is 0.00000361. The topological polar surface area (TPSA) is 70.2 Å². The maximum Gasteiger partial charge on any atom is 0.228 e. The van der Waals surface area contributed by atoms with Gasteiger partial charge in [0.1, 0.15) is 0 Å². The van der Waals surface area contributed by atoms with Crippen molar-refractivity contribution in [3.63, 3.8) is 0 Å². The molecular formula is C14H22ClN3O2. The molecule has 0 heterocycles. The zero-order chi connectivity index (χ0) is 14.4. The second-order valence-electron chi connectivity index (χ2n) is 4.66. The van der Waals surface area contributed by atoms with Crippen LogP contribution in [0.4, 0.5) is 11.4 Å². The van der Waals surface area contributed by atoms with E-state index in [1.807, 2.05) is 33.0 Å². The fraction of sp³-hybridized carbons (Fsp3) is 0.429. The summed E-state index contributed by atoms with van der Waals surface area (Å²) in [5.74, 6) is -0.295. The third kappa shape index (κ3) is 5.59. The summed E-state index contributed by atoms with van der Waals surface area (Å²) in [4.78, 5) is 23.0. The van der Waals surface area contributed by atoms with Gasteiger partial charge in [0.2, 0.25) is 11.8 Å². The van der Waals surface area contributed by atoms with Gasteiger partial charge in [0.05, 0.1) is 0 Å². The zero-order valence-electron chi connectivity index (χ0n) is 12.2. The Morgan fingerprint density at radius 3 is 2.45 bits per heavy atom. The number of nitrogens with one attached hydrogen (secondary N) is 3. The summed E-state index contributed by atoms with van der Waals surface area (Å²) in [6.07, 6.45) is 0. The summed E-state index contributed by atoms with van der Waals surface area (Å²) in [5, 5.41) is 8.54. The minimum Gasteiger partial charge on any atom is -0.326 e. The second kappa shape index (κ2) is 8.55. The molecule has 1 unspecified atom stereocenters. The first-order valence-corrected chi connectivity index (χ1v) is 6.27. The molecule has 0 spiro atoms. The highest BCUT2D eigenvalue weighted by atomic mass is 35.5. The average Bonchev–Trinajstić information content (AvgIpc) is 2.33. The highest BCUT2D eigenvalue weighted by molar-refractivity contribution is 5.95. The summed E-state index contributed by atoms with van der Waals surface area (Å²) < 4.78 is 0. The number of rotatable bonds is 5. The van der Waals surface area contributed by atoms with E-state index >= 15 is 0 Å². The molecule has 0 aliphatic rings. The van der Waals surface area contributed by atoms with Crippen molar-refractivity contribution in [1.29, 1.82) is 0 Å². The van der Waals surface area contributed by atoms with Crippen molar-refractivity contribution in [3.05, 3.63) is 23.8 Å². The van der Waals surface area contributed by atoms with Crippen molar-refractivity contribution in [2.24, 2.45) is 5.92 Å². The number of halogens is 1. The van der Waals surface area contributed by atoms with E-state index in [0.29, 0.717) is 12.2 Å². The Morgan fingerprint density at radius 1 is 1.25 bits per heavy atom. The molecule has 0 aliphatic heterocycles. The lowest BCUT2D eigenvalue weighted by atomic mass is 10.1. The van der Waals surface area contributed by atoms with Crippen molar-refractivity contribution in [3.8, 4) is 0 Å². The van der Waals surface area contributed by atoms with E-state index < -0.39 is 0 Å². The van der Waals surface area contributed by atoms with Crippen LogP contribution in [0.15, 0.2) is 18.2 Å². The molecule has 1 aromatic carbocycles. The number of carbonyl (C=O) groups is 2. The Kier molecular flexibility index (Phi) is 7.87. The highest BCUT2D eigenvalue weighted by Gasteiger charge is 2.13. The van der Waals surface area contributed by atoms with Gasteiger partial charge in [-0.3, -0.25) is 9.59 Å². The van der Waals surface area contributed by atoms with Gasteiger partial charge in [-0.15, -0.1) is 12.4 Å². The van der Waals surface area contributed by atoms with Crippen LogP contribution in [0.1, 0.15) is 19.4 Å². The number of anilines is 2. The first-order valence-electron chi connectivity index (χ1n) is 6.27. The third-order valence-corrected chi connectivity index (χ3v) is 2.77. The fourth-order valence-corrected chi connectivity index (χ4v) is 1.69. The fourth-order valence-electron chi connectivity index (χ4n) is 1.69. The third-order valence-electron chi connectivity index (χ3n) is 2.77. The van der Waals surface area contributed by atoms with Crippen LogP contribution in [0.2, 0.25) is 0 Å². The minimum atomic E-state index is -0.135. The van der Waals surface area contributed by atoms with E-state index in [-0.39, 0.29) is 30.1 Å². The maximum absolute atomic E-state index is 11.9. The van der Waals surface area contributed by atoms with E-state index in [9.17, 15) is 9.59 Å². The van der Waals surface area contributed by atoms with Gasteiger partial charge in [0.25, 0.3) is 0 Å². The molecule has 0 aliphatic carbocycles. The van der Waals surface area contributed by atoms with Crippen LogP contribution in [-0.4, -0.2) is 25.4 Å². The van der Waals surface area contributed by atoms with Gasteiger partial charge in [0.15, 0.2) is 0 Å². The van der Waals surface area contributed by atoms with Gasteiger partial charge in [-0.25, -0.2) is 0 Å². The SMILES string of the molecule is CNCC(C)C(=O)Nc1cc(NC(C)=O)ccc1C.Cl. The molecule has 6 heteroatoms. The quantitative estimate of drug-likeness (QED) is 0.780. The zero-order valence-corrected chi connectivity index (χ0v) is 13.1. The van der Waals surface area contributed by atoms with E-state index in [2.05, 4.69) is 16.0 Å². The summed E-state index contributed by atoms with van der Waals surface area (Å²) in [6, 6.07) is 5.44. The number of aryl methyl sites for hydroxylation is 1. The standard InChI is InChI=1S/C14H21N3O2.ClH/c1-9-5-6-12(16-11(3)18)7-13(9)17-14(19)10(2)8-15-4;/h5-7,10,15H,8H2,1-4H3,(H,16,18)(H,17,19);1H. The molecular weight excluding hydrogens is 278 g/mol. The van der Waals surface area contributed by atoms with E-state index in [1.165, 1.54) is 6.92 Å². The predicted molar refractivity (Wildman–Crippen MR) is 84.5 cm³/mol. The van der Waals surface area contributed by atoms with Crippen molar-refractivity contribution in [2.45, 2.75) is 20.8 Å². The number of hydrogen-bond donors (Lipinski definition) is 3. The smallest absolute Gasteiger partial charge is 0.228 e. The van der Waals surface area contributed by atoms with Crippen LogP contribution in [0.3, 0.4) is 0 Å². The molecule has 0 saturated carbocycles. The van der Waals surface area contributed by atoms with Gasteiger partial charge in [-0.1, -0.05) is 13.0 Å². The summed E-state index contributed by atoms with van der Waals surface area (Å²) in [6.45, 7) is 5.85. The predicted octanol–water partition coefficient (Wildman–Crippen LogP) is 2.17. The Morgan fingerprint density at radius 2 is 1.90 bits per heavy atom. The molecule has 0 aromatic heterocycles. The van der Waals surface area contributed by atoms with E-state index in [1.54, 1.807) is 6.07 Å². The Bertz CT molecular complexity index is 477. The number of amides is 2. The molecule has 1 atom stereocenters. The monoisotopic (exact) mass is 299 g/mol. The highest BCUT2D eigenvalue weighted by Crippen LogP contribution is 2.20. The number of hydrogen-bond acceptors (Lipinski definition) is 3. The van der Waals surface area contributed by atoms with Gasteiger partial charge in [0, 0.05) is 30.8 Å². The first-order chi connectivity index (χ1) is 8.93. The van der Waals surface area contributed by atoms with E-state index in [4.69, 9.17) is 0 Å². The molecule has 0 bridgehead atoms. The molecule has 0 radical (unpaired) electrons. The lowest BCUT2D eigenvalue weighted by Gasteiger charge is -2.14. The van der Waals surface area contributed by atoms with Crippen LogP contribution in [0.25, 0.3) is 0 Å². The molecule has 0 fully saturated rings. The molecule has 3 N–H and O–H groups in total. The minimum absolute atomic E-state index is 0. The molecule has 1 rings (SSSR count). The normalized spacial score (nSPS) is 11.2. The molecule has 0 saturated heterocycles. The van der Waals surface area contributed by atoms with Gasteiger partial charge in [-0.2, -0.15) is 0 Å². The first kappa shape index (κ1) is 18.4. The molecule has 2 amide bonds. The van der Waals surface area contributed by atoms with Gasteiger partial charge < -0.3 is 16.0 Å². The largest absolute Gasteiger partial charge is 0.326 e. The molecule has 5 nitrogen and oxygen atoms in total. The van der Waals surface area contributed by atoms with E-state index in [0.717, 1.165) is 11.3 Å². The summed E-state index contributed by atoms with van der Waals surface area (Å²) >= 11 is 0. The van der Waals surface area contributed by atoms with Crippen molar-refractivity contribution in [2.75, 3.05) is 24.2 Å². The van der Waals surface area contributed by atoms with Crippen LogP contribution >= 0.6 is 12.4 Å². The molecule has 20 heavy (non-hydrogen) atoms. The number of carbonyl (C=O) groups excluding carboxylic acids is 2. The van der Waals surface area contributed by atoms with Crippen LogP contribution in [0, 0.1) is 12.8 Å². The second-order valence-corrected chi connectivity index (χ2v) is 4.66. The van der Waals surface area contributed by atoms with Gasteiger partial charge >= 0.3 is 0 Å². The van der Waals surface area contributed by atoms with Crippen LogP contribution < -0.4 is 16.0 Å². The van der Waals surface area contributed by atoms with Crippen molar-refractivity contribution >= 4 is 35.6 Å². The Labute approximate surface area is 125 Å². The summed E-state index contributed by atoms with van der Waals surface area (Å²) in [5.41, 5.74) is 2.35. The van der Waals surface area contributed by atoms with Crippen LogP contribution in [-0.2, 0) is 9.59 Å². The molecule has 112 valence electrons. The number of benzene rings is 1. The Hall–Kier alpha value is -1.59. The average molecular weight is 300 g/mol. The van der Waals surface area contributed by atoms with Gasteiger partial charge in [-0.05, 0) is 31.7 Å². The van der Waals surface area contributed by atoms with Crippen molar-refractivity contribution in [1.82, 2.24) is 5.32 Å². The summed E-state index contributed by atoms with van der Waals surface area (Å²) in [7, 11) is 1.81. The van der Waals surface area contributed by atoms with Crippen molar-refractivity contribution < 1.29 is 9.59 Å².